The van der Waals surface area contributed by atoms with Crippen LogP contribution in [0.1, 0.15) is 20.8 Å². The maximum absolute atomic E-state index is 14.1. The van der Waals surface area contributed by atoms with E-state index in [1.165, 1.54) is 22.3 Å². The van der Waals surface area contributed by atoms with E-state index in [2.05, 4.69) is 15.9 Å². The predicted octanol–water partition coefficient (Wildman–Crippen LogP) is 3.69. The minimum atomic E-state index is -0.672. The molecule has 2 heterocycles. The lowest BCUT2D eigenvalue weighted by Gasteiger charge is -2.16. The second kappa shape index (κ2) is 4.79. The molecule has 2 aromatic rings. The molecule has 1 aliphatic heterocycles. The van der Waals surface area contributed by atoms with Gasteiger partial charge in [0.25, 0.3) is 11.7 Å². The summed E-state index contributed by atoms with van der Waals surface area (Å²) in [5.74, 6) is -1.85. The first kappa shape index (κ1) is 13.5. The van der Waals surface area contributed by atoms with E-state index >= 15 is 0 Å². The Morgan fingerprint density at radius 3 is 2.70 bits per heavy atom. The molecule has 20 heavy (non-hydrogen) atoms. The lowest BCUT2D eigenvalue weighted by Crippen LogP contribution is -2.29. The van der Waals surface area contributed by atoms with E-state index in [0.717, 1.165) is 9.35 Å². The fraction of sp³-hybridized carbons (Fsp3) is 0.143. The molecule has 1 aromatic carbocycles. The van der Waals surface area contributed by atoms with Gasteiger partial charge in [0.1, 0.15) is 5.82 Å². The van der Waals surface area contributed by atoms with Gasteiger partial charge < -0.3 is 0 Å². The number of benzene rings is 1. The number of halogens is 2. The van der Waals surface area contributed by atoms with Crippen LogP contribution in [0.5, 0.6) is 0 Å². The number of nitrogens with zero attached hydrogens (tertiary/aromatic N) is 1. The van der Waals surface area contributed by atoms with Crippen LogP contribution in [0.2, 0.25) is 0 Å². The zero-order valence-corrected chi connectivity index (χ0v) is 12.8. The second-order valence-electron chi connectivity index (χ2n) is 4.59. The van der Waals surface area contributed by atoms with Gasteiger partial charge in [0, 0.05) is 14.7 Å². The van der Waals surface area contributed by atoms with Gasteiger partial charge in [0.2, 0.25) is 0 Å². The summed E-state index contributed by atoms with van der Waals surface area (Å²) < 4.78 is 15.0. The van der Waals surface area contributed by atoms with Crippen LogP contribution < -0.4 is 4.90 Å². The zero-order chi connectivity index (χ0) is 14.4. The Kier molecular flexibility index (Phi) is 3.22. The Morgan fingerprint density at radius 1 is 1.30 bits per heavy atom. The van der Waals surface area contributed by atoms with Gasteiger partial charge in [0.15, 0.2) is 0 Å². The van der Waals surface area contributed by atoms with Crippen LogP contribution in [0.25, 0.3) is 0 Å². The minimum Gasteiger partial charge on any atom is -0.297 e. The maximum Gasteiger partial charge on any atom is 0.299 e. The average molecular weight is 354 g/mol. The number of rotatable bonds is 2. The van der Waals surface area contributed by atoms with Crippen molar-refractivity contribution in [1.29, 1.82) is 0 Å². The molecule has 1 aliphatic rings. The first-order valence-corrected chi connectivity index (χ1v) is 7.54. The lowest BCUT2D eigenvalue weighted by molar-refractivity contribution is -0.114. The molecule has 0 saturated heterocycles. The maximum atomic E-state index is 14.1. The molecule has 0 saturated carbocycles. The van der Waals surface area contributed by atoms with Crippen molar-refractivity contribution >= 4 is 44.6 Å². The van der Waals surface area contributed by atoms with Crippen LogP contribution in [0, 0.1) is 12.7 Å². The number of aryl methyl sites for hydroxylation is 1. The summed E-state index contributed by atoms with van der Waals surface area (Å²) in [5, 5.41) is 1.88. The molecule has 1 aromatic heterocycles. The highest BCUT2D eigenvalue weighted by molar-refractivity contribution is 9.10. The molecule has 0 N–H and O–H groups in total. The van der Waals surface area contributed by atoms with E-state index in [4.69, 9.17) is 0 Å². The third-order valence-corrected chi connectivity index (χ3v) is 4.78. The summed E-state index contributed by atoms with van der Waals surface area (Å²) in [5.41, 5.74) is 0.876. The number of hydrogen-bond donors (Lipinski definition) is 0. The van der Waals surface area contributed by atoms with Crippen molar-refractivity contribution in [2.24, 2.45) is 0 Å². The number of amides is 1. The topological polar surface area (TPSA) is 37.4 Å². The standard InChI is InChI=1S/C14H9BrFNO2S/c1-7-2-10-12(11(16)3-7)17(14(19)13(10)18)5-9-4-8(15)6-20-9/h2-4,6H,5H2,1H3. The quantitative estimate of drug-likeness (QED) is 0.772. The molecule has 0 bridgehead atoms. The van der Waals surface area contributed by atoms with Crippen molar-refractivity contribution in [3.63, 3.8) is 0 Å². The number of ketones is 1. The van der Waals surface area contributed by atoms with E-state index in [0.29, 0.717) is 5.56 Å². The van der Waals surface area contributed by atoms with Crippen molar-refractivity contribution in [1.82, 2.24) is 0 Å². The van der Waals surface area contributed by atoms with E-state index in [1.807, 2.05) is 11.4 Å². The Morgan fingerprint density at radius 2 is 2.05 bits per heavy atom. The summed E-state index contributed by atoms with van der Waals surface area (Å²) in [7, 11) is 0. The molecular formula is C14H9BrFNO2S. The molecule has 1 amide bonds. The van der Waals surface area contributed by atoms with E-state index in [-0.39, 0.29) is 17.8 Å². The molecular weight excluding hydrogens is 345 g/mol. The predicted molar refractivity (Wildman–Crippen MR) is 78.7 cm³/mol. The Labute approximate surface area is 127 Å². The highest BCUT2D eigenvalue weighted by Crippen LogP contribution is 2.35. The third-order valence-electron chi connectivity index (χ3n) is 3.10. The first-order valence-electron chi connectivity index (χ1n) is 5.86. The zero-order valence-electron chi connectivity index (χ0n) is 10.4. The largest absolute Gasteiger partial charge is 0.299 e. The van der Waals surface area contributed by atoms with Gasteiger partial charge in [0.05, 0.1) is 17.8 Å². The van der Waals surface area contributed by atoms with E-state index in [9.17, 15) is 14.0 Å². The number of carbonyl (C=O) groups is 2. The summed E-state index contributed by atoms with van der Waals surface area (Å²) in [6.45, 7) is 1.90. The third kappa shape index (κ3) is 2.09. The molecule has 102 valence electrons. The van der Waals surface area contributed by atoms with Gasteiger partial charge in [-0.3, -0.25) is 14.5 Å². The Hall–Kier alpha value is -1.53. The van der Waals surface area contributed by atoms with Crippen molar-refractivity contribution in [3.8, 4) is 0 Å². The fourth-order valence-electron chi connectivity index (χ4n) is 2.26. The number of Topliss-reactive ketones (excluding diaryl/α,β-unsaturated/α-hetero) is 1. The first-order chi connectivity index (χ1) is 9.47. The number of carbonyl (C=O) groups excluding carboxylic acids is 2. The average Bonchev–Trinajstić information content (AvgIpc) is 2.88. The molecule has 0 unspecified atom stereocenters. The smallest absolute Gasteiger partial charge is 0.297 e. The van der Waals surface area contributed by atoms with Crippen LogP contribution >= 0.6 is 27.3 Å². The van der Waals surface area contributed by atoms with Crippen molar-refractivity contribution < 1.29 is 14.0 Å². The monoisotopic (exact) mass is 353 g/mol. The van der Waals surface area contributed by atoms with Crippen molar-refractivity contribution in [2.45, 2.75) is 13.5 Å². The molecule has 0 spiro atoms. The lowest BCUT2D eigenvalue weighted by atomic mass is 10.1. The second-order valence-corrected chi connectivity index (χ2v) is 6.51. The highest BCUT2D eigenvalue weighted by Gasteiger charge is 2.38. The van der Waals surface area contributed by atoms with Gasteiger partial charge in [-0.05, 0) is 46.6 Å². The van der Waals surface area contributed by atoms with E-state index in [1.54, 1.807) is 13.0 Å². The van der Waals surface area contributed by atoms with Crippen molar-refractivity contribution in [3.05, 3.63) is 49.9 Å². The van der Waals surface area contributed by atoms with Crippen molar-refractivity contribution in [2.75, 3.05) is 4.90 Å². The van der Waals surface area contributed by atoms with Gasteiger partial charge in [-0.1, -0.05) is 0 Å². The van der Waals surface area contributed by atoms with Gasteiger partial charge in [-0.2, -0.15) is 0 Å². The SMILES string of the molecule is Cc1cc(F)c2c(c1)C(=O)C(=O)N2Cc1cc(Br)cs1. The number of hydrogen-bond acceptors (Lipinski definition) is 3. The number of anilines is 1. The molecule has 0 radical (unpaired) electrons. The summed E-state index contributed by atoms with van der Waals surface area (Å²) in [4.78, 5) is 26.1. The van der Waals surface area contributed by atoms with Gasteiger partial charge in [-0.25, -0.2) is 4.39 Å². The Bertz CT molecular complexity index is 741. The van der Waals surface area contributed by atoms with Crippen LogP contribution in [0.15, 0.2) is 28.1 Å². The van der Waals surface area contributed by atoms with Gasteiger partial charge >= 0.3 is 0 Å². The van der Waals surface area contributed by atoms with Crippen LogP contribution in [0.4, 0.5) is 10.1 Å². The number of thiophene rings is 1. The molecule has 6 heteroatoms. The molecule has 3 nitrogen and oxygen atoms in total. The number of fused-ring (bicyclic) bond motifs is 1. The highest BCUT2D eigenvalue weighted by atomic mass is 79.9. The summed E-state index contributed by atoms with van der Waals surface area (Å²) in [6.07, 6.45) is 0. The van der Waals surface area contributed by atoms with Crippen LogP contribution in [-0.2, 0) is 11.3 Å². The molecule has 3 rings (SSSR count). The molecule has 0 atom stereocenters. The molecule has 0 fully saturated rings. The Balaban J connectivity index is 2.06. The summed E-state index contributed by atoms with van der Waals surface area (Å²) in [6, 6.07) is 4.75. The van der Waals surface area contributed by atoms with Crippen LogP contribution in [0.3, 0.4) is 0 Å². The summed E-state index contributed by atoms with van der Waals surface area (Å²) >= 11 is 4.78. The van der Waals surface area contributed by atoms with Gasteiger partial charge in [-0.15, -0.1) is 11.3 Å². The minimum absolute atomic E-state index is 0.0927. The van der Waals surface area contributed by atoms with E-state index < -0.39 is 17.5 Å². The van der Waals surface area contributed by atoms with Crippen LogP contribution in [-0.4, -0.2) is 11.7 Å². The fourth-order valence-corrected chi connectivity index (χ4v) is 3.70. The normalized spacial score (nSPS) is 14.1. The molecule has 0 aliphatic carbocycles.